The van der Waals surface area contributed by atoms with E-state index in [0.717, 1.165) is 0 Å². The van der Waals surface area contributed by atoms with Crippen LogP contribution >= 0.6 is 0 Å². The van der Waals surface area contributed by atoms with E-state index in [1.807, 2.05) is 0 Å². The molecular weight excluding hydrogens is 170 g/mol. The summed E-state index contributed by atoms with van der Waals surface area (Å²) in [5.74, 6) is -0.906. The van der Waals surface area contributed by atoms with Crippen LogP contribution < -0.4 is 5.32 Å². The number of hydrogen-bond donors (Lipinski definition) is 1. The third kappa shape index (κ3) is 2.57. The second kappa shape index (κ2) is 3.20. The maximum Gasteiger partial charge on any atom is 0.344 e. The third-order valence-electron chi connectivity index (χ3n) is 1.43. The number of esters is 1. The molecule has 1 aliphatic rings. The van der Waals surface area contributed by atoms with Gasteiger partial charge in [0.2, 0.25) is 0 Å². The second-order valence-electron chi connectivity index (χ2n) is 3.83. The van der Waals surface area contributed by atoms with Gasteiger partial charge in [-0.15, -0.1) is 0 Å². The van der Waals surface area contributed by atoms with Crippen LogP contribution in [0.2, 0.25) is 0 Å². The molecule has 0 aromatic rings. The Balaban J connectivity index is 2.64. The van der Waals surface area contributed by atoms with E-state index in [9.17, 15) is 9.59 Å². The Kier molecular flexibility index (Phi) is 2.40. The summed E-state index contributed by atoms with van der Waals surface area (Å²) < 4.78 is 5.02. The van der Waals surface area contributed by atoms with Gasteiger partial charge in [-0.2, -0.15) is 0 Å². The molecular formula is C9H13NO3. The van der Waals surface area contributed by atoms with Crippen LogP contribution in [0, 0.1) is 0 Å². The Morgan fingerprint density at radius 3 is 2.54 bits per heavy atom. The fourth-order valence-corrected chi connectivity index (χ4v) is 0.943. The van der Waals surface area contributed by atoms with Crippen LogP contribution in [-0.4, -0.2) is 24.0 Å². The van der Waals surface area contributed by atoms with Gasteiger partial charge in [-0.25, -0.2) is 4.79 Å². The van der Waals surface area contributed by atoms with Gasteiger partial charge in [-0.3, -0.25) is 4.79 Å². The van der Waals surface area contributed by atoms with Gasteiger partial charge in [0.25, 0.3) is 5.91 Å². The van der Waals surface area contributed by atoms with Crippen LogP contribution in [-0.2, 0) is 14.3 Å². The van der Waals surface area contributed by atoms with Crippen molar-refractivity contribution in [3.63, 3.8) is 0 Å². The van der Waals surface area contributed by atoms with Crippen molar-refractivity contribution in [2.24, 2.45) is 0 Å². The van der Waals surface area contributed by atoms with Gasteiger partial charge in [-0.05, 0) is 26.8 Å². The lowest BCUT2D eigenvalue weighted by Gasteiger charge is -2.19. The van der Waals surface area contributed by atoms with Gasteiger partial charge >= 0.3 is 5.97 Å². The molecule has 1 aliphatic heterocycles. The summed E-state index contributed by atoms with van der Waals surface area (Å²) in [6.07, 6.45) is 1.54. The van der Waals surface area contributed by atoms with Crippen molar-refractivity contribution in [1.29, 1.82) is 0 Å². The van der Waals surface area contributed by atoms with Crippen molar-refractivity contribution in [2.45, 2.75) is 26.4 Å². The summed E-state index contributed by atoms with van der Waals surface area (Å²) in [5.41, 5.74) is -0.448. The van der Waals surface area contributed by atoms with E-state index < -0.39 is 11.6 Å². The molecule has 0 unspecified atom stereocenters. The molecule has 0 bridgehead atoms. The lowest BCUT2D eigenvalue weighted by molar-refractivity contribution is -0.150. The minimum atomic E-state index is -0.555. The van der Waals surface area contributed by atoms with Gasteiger partial charge in [0, 0.05) is 6.54 Å². The standard InChI is InChI=1S/C9H13NO3/c1-9(2,3)13-8(12)6-4-5-10-7(6)11/h4H,5H2,1-3H3,(H,10,11). The Hall–Kier alpha value is -1.32. The first-order valence-electron chi connectivity index (χ1n) is 4.12. The van der Waals surface area contributed by atoms with Gasteiger partial charge in [0.1, 0.15) is 11.2 Å². The first kappa shape index (κ1) is 9.77. The molecule has 0 aliphatic carbocycles. The summed E-state index contributed by atoms with van der Waals surface area (Å²) in [6.45, 7) is 5.70. The molecule has 1 rings (SSSR count). The SMILES string of the molecule is CC(C)(C)OC(=O)C1=CCNC1=O. The van der Waals surface area contributed by atoms with Crippen LogP contribution in [0.4, 0.5) is 0 Å². The summed E-state index contributed by atoms with van der Waals surface area (Å²) >= 11 is 0. The molecule has 72 valence electrons. The van der Waals surface area contributed by atoms with Crippen LogP contribution in [0.3, 0.4) is 0 Å². The number of amides is 1. The molecule has 1 N–H and O–H groups in total. The Bertz CT molecular complexity index is 273. The van der Waals surface area contributed by atoms with Crippen molar-refractivity contribution < 1.29 is 14.3 Å². The number of rotatable bonds is 1. The molecule has 0 radical (unpaired) electrons. The predicted octanol–water partition coefficient (Wildman–Crippen LogP) is 0.384. The van der Waals surface area contributed by atoms with E-state index in [0.29, 0.717) is 6.54 Å². The van der Waals surface area contributed by atoms with Crippen LogP contribution in [0.25, 0.3) is 0 Å². The maximum absolute atomic E-state index is 11.3. The average molecular weight is 183 g/mol. The smallest absolute Gasteiger partial charge is 0.344 e. The van der Waals surface area contributed by atoms with Crippen LogP contribution in [0.5, 0.6) is 0 Å². The molecule has 0 atom stereocenters. The highest BCUT2D eigenvalue weighted by Gasteiger charge is 2.26. The predicted molar refractivity (Wildman–Crippen MR) is 46.9 cm³/mol. The number of carbonyl (C=O) groups excluding carboxylic acids is 2. The molecule has 0 saturated carbocycles. The molecule has 4 nitrogen and oxygen atoms in total. The van der Waals surface area contributed by atoms with Gasteiger partial charge in [0.05, 0.1) is 0 Å². The van der Waals surface area contributed by atoms with E-state index in [1.54, 1.807) is 20.8 Å². The molecule has 0 aromatic carbocycles. The zero-order valence-electron chi connectivity index (χ0n) is 8.01. The van der Waals surface area contributed by atoms with Gasteiger partial charge in [-0.1, -0.05) is 0 Å². The molecule has 4 heteroatoms. The normalized spacial score (nSPS) is 16.5. The second-order valence-corrected chi connectivity index (χ2v) is 3.83. The largest absolute Gasteiger partial charge is 0.456 e. The van der Waals surface area contributed by atoms with Gasteiger partial charge in [0.15, 0.2) is 0 Å². The van der Waals surface area contributed by atoms with Crippen LogP contribution in [0.15, 0.2) is 11.6 Å². The first-order chi connectivity index (χ1) is 5.90. The summed E-state index contributed by atoms with van der Waals surface area (Å²) in [6, 6.07) is 0. The number of hydrogen-bond acceptors (Lipinski definition) is 3. The van der Waals surface area contributed by atoms with E-state index in [1.165, 1.54) is 6.08 Å². The molecule has 0 aromatic heterocycles. The van der Waals surface area contributed by atoms with Crippen molar-refractivity contribution >= 4 is 11.9 Å². The number of ether oxygens (including phenoxy) is 1. The lowest BCUT2D eigenvalue weighted by atomic mass is 10.2. The zero-order valence-corrected chi connectivity index (χ0v) is 8.01. The van der Waals surface area contributed by atoms with E-state index in [-0.39, 0.29) is 11.5 Å². The van der Waals surface area contributed by atoms with Crippen molar-refractivity contribution in [2.75, 3.05) is 6.54 Å². The minimum Gasteiger partial charge on any atom is -0.456 e. The minimum absolute atomic E-state index is 0.106. The summed E-state index contributed by atoms with van der Waals surface area (Å²) in [7, 11) is 0. The fourth-order valence-electron chi connectivity index (χ4n) is 0.943. The third-order valence-corrected chi connectivity index (χ3v) is 1.43. The number of carbonyl (C=O) groups is 2. The zero-order chi connectivity index (χ0) is 10.1. The molecule has 0 spiro atoms. The van der Waals surface area contributed by atoms with Crippen molar-refractivity contribution in [3.8, 4) is 0 Å². The highest BCUT2D eigenvalue weighted by Crippen LogP contribution is 2.12. The molecule has 13 heavy (non-hydrogen) atoms. The molecule has 0 fully saturated rings. The Labute approximate surface area is 76.9 Å². The highest BCUT2D eigenvalue weighted by molar-refractivity contribution is 6.17. The van der Waals surface area contributed by atoms with E-state index >= 15 is 0 Å². The molecule has 0 saturated heterocycles. The van der Waals surface area contributed by atoms with E-state index in [2.05, 4.69) is 5.32 Å². The Morgan fingerprint density at radius 2 is 2.15 bits per heavy atom. The lowest BCUT2D eigenvalue weighted by Crippen LogP contribution is -2.28. The number of nitrogens with one attached hydrogen (secondary N) is 1. The maximum atomic E-state index is 11.3. The quantitative estimate of drug-likeness (QED) is 0.472. The van der Waals surface area contributed by atoms with Gasteiger partial charge < -0.3 is 10.1 Å². The first-order valence-corrected chi connectivity index (χ1v) is 4.12. The molecule has 1 amide bonds. The van der Waals surface area contributed by atoms with Crippen LogP contribution in [0.1, 0.15) is 20.8 Å². The fraction of sp³-hybridized carbons (Fsp3) is 0.556. The van der Waals surface area contributed by atoms with E-state index in [4.69, 9.17) is 4.74 Å². The van der Waals surface area contributed by atoms with Crippen molar-refractivity contribution in [1.82, 2.24) is 5.32 Å². The highest BCUT2D eigenvalue weighted by atomic mass is 16.6. The molecule has 1 heterocycles. The summed E-state index contributed by atoms with van der Waals surface area (Å²) in [5, 5.41) is 2.50. The Morgan fingerprint density at radius 1 is 1.54 bits per heavy atom. The average Bonchev–Trinajstić information content (AvgIpc) is 2.30. The topological polar surface area (TPSA) is 55.4 Å². The summed E-state index contributed by atoms with van der Waals surface area (Å²) in [4.78, 5) is 22.3. The monoisotopic (exact) mass is 183 g/mol. The van der Waals surface area contributed by atoms with Crippen molar-refractivity contribution in [3.05, 3.63) is 11.6 Å².